The molecule has 1 heterocycles. The van der Waals surface area contributed by atoms with Crippen LogP contribution in [0.4, 0.5) is 10.1 Å². The molecule has 1 fully saturated rings. The number of nitrogens with one attached hydrogen (secondary N) is 1. The van der Waals surface area contributed by atoms with Crippen molar-refractivity contribution in [2.75, 3.05) is 38.0 Å². The summed E-state index contributed by atoms with van der Waals surface area (Å²) in [5, 5.41) is 2.69. The number of piperazine rings is 1. The second kappa shape index (κ2) is 9.09. The van der Waals surface area contributed by atoms with Gasteiger partial charge in [-0.15, -0.1) is 0 Å². The number of carbonyl (C=O) groups is 2. The standard InChI is InChI=1S/C21H22FN3O2/c22-18-7-4-8-19(15-18)23-20(26)16-24-11-13-25(14-12-24)21(27)10-9-17-5-2-1-3-6-17/h1-10,15H,11-14,16H2,(H,23,26). The molecule has 1 aliphatic heterocycles. The minimum absolute atomic E-state index is 0.0253. The minimum Gasteiger partial charge on any atom is -0.337 e. The third kappa shape index (κ3) is 5.76. The molecule has 140 valence electrons. The largest absolute Gasteiger partial charge is 0.337 e. The van der Waals surface area contributed by atoms with Crippen LogP contribution in [0.3, 0.4) is 0 Å². The molecule has 0 saturated carbocycles. The fraction of sp³-hybridized carbons (Fsp3) is 0.238. The Morgan fingerprint density at radius 2 is 1.74 bits per heavy atom. The highest BCUT2D eigenvalue weighted by Crippen LogP contribution is 2.10. The third-order valence-electron chi connectivity index (χ3n) is 4.38. The van der Waals surface area contributed by atoms with Crippen molar-refractivity contribution in [2.24, 2.45) is 0 Å². The molecular weight excluding hydrogens is 345 g/mol. The Bertz CT molecular complexity index is 815. The van der Waals surface area contributed by atoms with Crippen molar-refractivity contribution in [3.8, 4) is 0 Å². The monoisotopic (exact) mass is 367 g/mol. The van der Waals surface area contributed by atoms with Gasteiger partial charge in [-0.25, -0.2) is 4.39 Å². The average molecular weight is 367 g/mol. The lowest BCUT2D eigenvalue weighted by molar-refractivity contribution is -0.127. The van der Waals surface area contributed by atoms with E-state index in [1.54, 1.807) is 29.2 Å². The number of amides is 2. The van der Waals surface area contributed by atoms with Crippen molar-refractivity contribution in [1.82, 2.24) is 9.80 Å². The van der Waals surface area contributed by atoms with Crippen molar-refractivity contribution in [1.29, 1.82) is 0 Å². The Hall–Kier alpha value is -2.99. The quantitative estimate of drug-likeness (QED) is 0.827. The number of halogens is 1. The van der Waals surface area contributed by atoms with E-state index in [1.165, 1.54) is 12.1 Å². The van der Waals surface area contributed by atoms with Gasteiger partial charge in [0.05, 0.1) is 6.54 Å². The molecule has 1 saturated heterocycles. The van der Waals surface area contributed by atoms with Crippen LogP contribution in [0.15, 0.2) is 60.7 Å². The summed E-state index contributed by atoms with van der Waals surface area (Å²) in [4.78, 5) is 28.1. The Morgan fingerprint density at radius 1 is 1.00 bits per heavy atom. The lowest BCUT2D eigenvalue weighted by atomic mass is 10.2. The van der Waals surface area contributed by atoms with E-state index in [2.05, 4.69) is 5.32 Å². The van der Waals surface area contributed by atoms with Crippen LogP contribution in [0.25, 0.3) is 6.08 Å². The third-order valence-corrected chi connectivity index (χ3v) is 4.38. The smallest absolute Gasteiger partial charge is 0.246 e. The summed E-state index contributed by atoms with van der Waals surface area (Å²) in [5.74, 6) is -0.601. The molecule has 0 spiro atoms. The molecule has 0 atom stereocenters. The maximum absolute atomic E-state index is 13.2. The zero-order valence-electron chi connectivity index (χ0n) is 15.0. The molecule has 5 nitrogen and oxygen atoms in total. The second-order valence-electron chi connectivity index (χ2n) is 6.40. The van der Waals surface area contributed by atoms with Gasteiger partial charge in [0, 0.05) is 37.9 Å². The van der Waals surface area contributed by atoms with E-state index in [9.17, 15) is 14.0 Å². The summed E-state index contributed by atoms with van der Waals surface area (Å²) >= 11 is 0. The number of benzene rings is 2. The predicted molar refractivity (Wildman–Crippen MR) is 104 cm³/mol. The van der Waals surface area contributed by atoms with Crippen molar-refractivity contribution in [3.05, 3.63) is 72.1 Å². The van der Waals surface area contributed by atoms with Gasteiger partial charge < -0.3 is 10.2 Å². The molecule has 0 aliphatic carbocycles. The van der Waals surface area contributed by atoms with Crippen molar-refractivity contribution in [3.63, 3.8) is 0 Å². The first kappa shape index (κ1) is 18.8. The van der Waals surface area contributed by atoms with Gasteiger partial charge in [0.15, 0.2) is 0 Å². The van der Waals surface area contributed by atoms with E-state index in [1.807, 2.05) is 35.2 Å². The van der Waals surface area contributed by atoms with Crippen molar-refractivity contribution in [2.45, 2.75) is 0 Å². The molecule has 27 heavy (non-hydrogen) atoms. The maximum Gasteiger partial charge on any atom is 0.246 e. The number of anilines is 1. The topological polar surface area (TPSA) is 52.7 Å². The first-order valence-corrected chi connectivity index (χ1v) is 8.90. The van der Waals surface area contributed by atoms with Crippen molar-refractivity contribution < 1.29 is 14.0 Å². The second-order valence-corrected chi connectivity index (χ2v) is 6.40. The van der Waals surface area contributed by atoms with E-state index in [4.69, 9.17) is 0 Å². The van der Waals surface area contributed by atoms with Gasteiger partial charge >= 0.3 is 0 Å². The summed E-state index contributed by atoms with van der Waals surface area (Å²) in [6.45, 7) is 2.62. The molecule has 2 aromatic carbocycles. The number of hydrogen-bond donors (Lipinski definition) is 1. The van der Waals surface area contributed by atoms with Gasteiger partial charge in [-0.3, -0.25) is 14.5 Å². The van der Waals surface area contributed by atoms with Crippen LogP contribution in [0.5, 0.6) is 0 Å². The van der Waals surface area contributed by atoms with Gasteiger partial charge in [0.2, 0.25) is 11.8 Å². The molecule has 0 unspecified atom stereocenters. The summed E-state index contributed by atoms with van der Waals surface area (Å²) in [6, 6.07) is 15.5. The van der Waals surface area contributed by atoms with Crippen LogP contribution in [0.1, 0.15) is 5.56 Å². The van der Waals surface area contributed by atoms with E-state index >= 15 is 0 Å². The van der Waals surface area contributed by atoms with Gasteiger partial charge in [0.1, 0.15) is 5.82 Å². The molecule has 2 amide bonds. The van der Waals surface area contributed by atoms with Crippen LogP contribution in [-0.4, -0.2) is 54.3 Å². The lowest BCUT2D eigenvalue weighted by Gasteiger charge is -2.33. The summed E-state index contributed by atoms with van der Waals surface area (Å²) in [7, 11) is 0. The molecule has 0 aromatic heterocycles. The Kier molecular flexibility index (Phi) is 6.33. The van der Waals surface area contributed by atoms with Gasteiger partial charge in [-0.2, -0.15) is 0 Å². The average Bonchev–Trinajstić information content (AvgIpc) is 2.67. The number of carbonyl (C=O) groups excluding carboxylic acids is 2. The lowest BCUT2D eigenvalue weighted by Crippen LogP contribution is -2.50. The molecule has 0 bridgehead atoms. The summed E-state index contributed by atoms with van der Waals surface area (Å²) in [6.07, 6.45) is 3.39. The van der Waals surface area contributed by atoms with E-state index in [0.29, 0.717) is 31.9 Å². The highest BCUT2D eigenvalue weighted by atomic mass is 19.1. The van der Waals surface area contributed by atoms with Gasteiger partial charge in [-0.1, -0.05) is 36.4 Å². The molecule has 0 radical (unpaired) electrons. The Balaban J connectivity index is 1.43. The Labute approximate surface area is 158 Å². The molecule has 2 aromatic rings. The summed E-state index contributed by atoms with van der Waals surface area (Å²) < 4.78 is 13.2. The molecule has 3 rings (SSSR count). The summed E-state index contributed by atoms with van der Waals surface area (Å²) in [5.41, 5.74) is 1.43. The SMILES string of the molecule is O=C(CN1CCN(C(=O)C=Cc2ccccc2)CC1)Nc1cccc(F)c1. The fourth-order valence-electron chi connectivity index (χ4n) is 2.93. The highest BCUT2D eigenvalue weighted by molar-refractivity contribution is 5.93. The molecule has 6 heteroatoms. The van der Waals surface area contributed by atoms with Gasteiger partial charge in [-0.05, 0) is 29.8 Å². The van der Waals surface area contributed by atoms with E-state index in [-0.39, 0.29) is 24.2 Å². The number of hydrogen-bond acceptors (Lipinski definition) is 3. The number of rotatable bonds is 5. The van der Waals surface area contributed by atoms with Crippen LogP contribution < -0.4 is 5.32 Å². The van der Waals surface area contributed by atoms with Crippen LogP contribution in [0, 0.1) is 5.82 Å². The zero-order chi connectivity index (χ0) is 19.1. The van der Waals surface area contributed by atoms with Gasteiger partial charge in [0.25, 0.3) is 0 Å². The molecule has 1 N–H and O–H groups in total. The van der Waals surface area contributed by atoms with E-state index < -0.39 is 0 Å². The normalized spacial score (nSPS) is 15.1. The predicted octanol–water partition coefficient (Wildman–Crippen LogP) is 2.62. The first-order valence-electron chi connectivity index (χ1n) is 8.90. The van der Waals surface area contributed by atoms with Crippen LogP contribution >= 0.6 is 0 Å². The minimum atomic E-state index is -0.386. The van der Waals surface area contributed by atoms with Crippen LogP contribution in [-0.2, 0) is 9.59 Å². The van der Waals surface area contributed by atoms with Crippen molar-refractivity contribution >= 4 is 23.6 Å². The highest BCUT2D eigenvalue weighted by Gasteiger charge is 2.21. The fourth-order valence-corrected chi connectivity index (χ4v) is 2.93. The first-order chi connectivity index (χ1) is 13.1. The Morgan fingerprint density at radius 3 is 2.44 bits per heavy atom. The number of nitrogens with zero attached hydrogens (tertiary/aromatic N) is 2. The molecule has 1 aliphatic rings. The van der Waals surface area contributed by atoms with Crippen LogP contribution in [0.2, 0.25) is 0 Å². The van der Waals surface area contributed by atoms with E-state index in [0.717, 1.165) is 5.56 Å². The zero-order valence-corrected chi connectivity index (χ0v) is 15.0. The maximum atomic E-state index is 13.2. The molecular formula is C21H22FN3O2.